The van der Waals surface area contributed by atoms with Gasteiger partial charge < -0.3 is 9.84 Å². The van der Waals surface area contributed by atoms with E-state index in [9.17, 15) is 4.79 Å². The Hall–Kier alpha value is -1.17. The second-order valence-electron chi connectivity index (χ2n) is 5.23. The van der Waals surface area contributed by atoms with Gasteiger partial charge in [-0.15, -0.1) is 11.3 Å². The minimum atomic E-state index is -0.912. The Morgan fingerprint density at radius 3 is 3.05 bits per heavy atom. The molecular formula is C15H21NO3S. The summed E-state index contributed by atoms with van der Waals surface area (Å²) in [5.74, 6) is -0.0916. The van der Waals surface area contributed by atoms with E-state index in [2.05, 4.69) is 11.9 Å². The normalized spacial score (nSPS) is 15.3. The average Bonchev–Trinajstić information content (AvgIpc) is 3.12. The van der Waals surface area contributed by atoms with Gasteiger partial charge in [0.15, 0.2) is 0 Å². The molecule has 0 bridgehead atoms. The van der Waals surface area contributed by atoms with Crippen LogP contribution in [0, 0.1) is 5.92 Å². The maximum Gasteiger partial charge on any atom is 0.328 e. The summed E-state index contributed by atoms with van der Waals surface area (Å²) < 4.78 is 5.62. The van der Waals surface area contributed by atoms with Crippen LogP contribution in [0.25, 0.3) is 6.08 Å². The number of nitrogens with zero attached hydrogens (tertiary/aromatic N) is 1. The molecule has 0 atom stereocenters. The highest BCUT2D eigenvalue weighted by atomic mass is 32.1. The predicted octanol–water partition coefficient (Wildman–Crippen LogP) is 2.70. The van der Waals surface area contributed by atoms with Gasteiger partial charge in [0.1, 0.15) is 0 Å². The van der Waals surface area contributed by atoms with Crippen LogP contribution in [0.1, 0.15) is 22.6 Å². The van der Waals surface area contributed by atoms with E-state index in [0.29, 0.717) is 0 Å². The van der Waals surface area contributed by atoms with E-state index in [1.165, 1.54) is 23.8 Å². The van der Waals surface area contributed by atoms with Crippen molar-refractivity contribution in [3.8, 4) is 0 Å². The zero-order valence-electron chi connectivity index (χ0n) is 11.7. The van der Waals surface area contributed by atoms with Crippen molar-refractivity contribution in [2.75, 3.05) is 26.8 Å². The largest absolute Gasteiger partial charge is 0.478 e. The fourth-order valence-corrected chi connectivity index (χ4v) is 2.82. The van der Waals surface area contributed by atoms with E-state index >= 15 is 0 Å². The fourth-order valence-electron chi connectivity index (χ4n) is 1.82. The topological polar surface area (TPSA) is 49.8 Å². The predicted molar refractivity (Wildman–Crippen MR) is 80.9 cm³/mol. The lowest BCUT2D eigenvalue weighted by atomic mass is 10.4. The minimum Gasteiger partial charge on any atom is -0.478 e. The smallest absolute Gasteiger partial charge is 0.328 e. The van der Waals surface area contributed by atoms with Crippen LogP contribution in [0.2, 0.25) is 0 Å². The SMILES string of the molecule is CN(CCOCC1CC1)Cc1ccc(/C=C/C(=O)O)s1. The molecule has 0 aliphatic heterocycles. The number of hydrogen-bond acceptors (Lipinski definition) is 4. The molecule has 1 aromatic rings. The van der Waals surface area contributed by atoms with Gasteiger partial charge in [-0.25, -0.2) is 4.79 Å². The molecule has 0 radical (unpaired) electrons. The lowest BCUT2D eigenvalue weighted by Gasteiger charge is -2.15. The monoisotopic (exact) mass is 295 g/mol. The number of likely N-dealkylation sites (N-methyl/N-ethyl adjacent to an activating group) is 1. The van der Waals surface area contributed by atoms with Gasteiger partial charge in [-0.1, -0.05) is 0 Å². The van der Waals surface area contributed by atoms with Crippen LogP contribution < -0.4 is 0 Å². The van der Waals surface area contributed by atoms with Crippen LogP contribution in [0.3, 0.4) is 0 Å². The summed E-state index contributed by atoms with van der Waals surface area (Å²) in [5.41, 5.74) is 0. The van der Waals surface area contributed by atoms with Crippen LogP contribution in [0.5, 0.6) is 0 Å². The molecule has 4 nitrogen and oxygen atoms in total. The third-order valence-electron chi connectivity index (χ3n) is 3.17. The van der Waals surface area contributed by atoms with Gasteiger partial charge >= 0.3 is 5.97 Å². The molecule has 0 aromatic carbocycles. The molecule has 0 saturated heterocycles. The van der Waals surface area contributed by atoms with E-state index in [4.69, 9.17) is 9.84 Å². The van der Waals surface area contributed by atoms with E-state index in [1.54, 1.807) is 17.4 Å². The highest BCUT2D eigenvalue weighted by Crippen LogP contribution is 2.28. The Kier molecular flexibility index (Phi) is 5.76. The van der Waals surface area contributed by atoms with Crippen molar-refractivity contribution in [1.29, 1.82) is 0 Å². The zero-order chi connectivity index (χ0) is 14.4. The van der Waals surface area contributed by atoms with Crippen molar-refractivity contribution >= 4 is 23.4 Å². The molecule has 1 aromatic heterocycles. The Labute approximate surface area is 123 Å². The number of aliphatic carboxylic acids is 1. The highest BCUT2D eigenvalue weighted by Gasteiger charge is 2.20. The zero-order valence-corrected chi connectivity index (χ0v) is 12.6. The summed E-state index contributed by atoms with van der Waals surface area (Å²) in [7, 11) is 2.08. The summed E-state index contributed by atoms with van der Waals surface area (Å²) in [6.07, 6.45) is 5.47. The van der Waals surface area contributed by atoms with Crippen molar-refractivity contribution in [2.45, 2.75) is 19.4 Å². The first-order chi connectivity index (χ1) is 9.63. The maximum atomic E-state index is 10.5. The summed E-state index contributed by atoms with van der Waals surface area (Å²) in [4.78, 5) is 14.9. The molecular weight excluding hydrogens is 274 g/mol. The van der Waals surface area contributed by atoms with Crippen molar-refractivity contribution in [3.05, 3.63) is 28.0 Å². The number of hydrogen-bond donors (Lipinski definition) is 1. The molecule has 0 unspecified atom stereocenters. The van der Waals surface area contributed by atoms with Gasteiger partial charge in [-0.3, -0.25) is 4.90 Å². The number of rotatable bonds is 9. The molecule has 0 amide bonds. The molecule has 1 aliphatic carbocycles. The minimum absolute atomic E-state index is 0.782. The molecule has 1 aliphatic rings. The number of thiophene rings is 1. The number of ether oxygens (including phenoxy) is 1. The first-order valence-corrected chi connectivity index (χ1v) is 7.71. The number of carboxylic acids is 1. The number of carbonyl (C=O) groups is 1. The van der Waals surface area contributed by atoms with Gasteiger partial charge in [0.2, 0.25) is 0 Å². The summed E-state index contributed by atoms with van der Waals surface area (Å²) in [5, 5.41) is 8.59. The van der Waals surface area contributed by atoms with E-state index < -0.39 is 5.97 Å². The average molecular weight is 295 g/mol. The Balaban J connectivity index is 1.67. The Bertz CT molecular complexity index is 465. The third-order valence-corrected chi connectivity index (χ3v) is 4.20. The molecule has 1 fully saturated rings. The van der Waals surface area contributed by atoms with Crippen LogP contribution in [0.15, 0.2) is 18.2 Å². The van der Waals surface area contributed by atoms with Gasteiger partial charge in [-0.05, 0) is 44.0 Å². The van der Waals surface area contributed by atoms with Gasteiger partial charge in [0.05, 0.1) is 6.61 Å². The van der Waals surface area contributed by atoms with Crippen molar-refractivity contribution in [3.63, 3.8) is 0 Å². The van der Waals surface area contributed by atoms with Crippen molar-refractivity contribution in [1.82, 2.24) is 4.90 Å². The van der Waals surface area contributed by atoms with Crippen LogP contribution in [-0.4, -0.2) is 42.8 Å². The van der Waals surface area contributed by atoms with Gasteiger partial charge in [-0.2, -0.15) is 0 Å². The van der Waals surface area contributed by atoms with Crippen LogP contribution in [-0.2, 0) is 16.1 Å². The molecule has 20 heavy (non-hydrogen) atoms. The van der Waals surface area contributed by atoms with Crippen molar-refractivity contribution in [2.24, 2.45) is 5.92 Å². The summed E-state index contributed by atoms with van der Waals surface area (Å²) in [6, 6.07) is 4.00. The van der Waals surface area contributed by atoms with Crippen LogP contribution >= 0.6 is 11.3 Å². The second kappa shape index (κ2) is 7.57. The number of carboxylic acid groups (broad SMARTS) is 1. The molecule has 110 valence electrons. The first kappa shape index (κ1) is 15.2. The van der Waals surface area contributed by atoms with Gasteiger partial charge in [0.25, 0.3) is 0 Å². The summed E-state index contributed by atoms with van der Waals surface area (Å²) >= 11 is 1.62. The van der Waals surface area contributed by atoms with E-state index in [0.717, 1.165) is 37.1 Å². The van der Waals surface area contributed by atoms with Crippen LogP contribution in [0.4, 0.5) is 0 Å². The molecule has 2 rings (SSSR count). The lowest BCUT2D eigenvalue weighted by Crippen LogP contribution is -2.22. The standard InChI is InChI=1S/C15H21NO3S/c1-16(8-9-19-11-12-2-3-12)10-14-5-4-13(20-14)6-7-15(17)18/h4-7,12H,2-3,8-11H2,1H3,(H,17,18)/b7-6+. The lowest BCUT2D eigenvalue weighted by molar-refractivity contribution is -0.131. The quantitative estimate of drug-likeness (QED) is 0.562. The van der Waals surface area contributed by atoms with E-state index in [-0.39, 0.29) is 0 Å². The Morgan fingerprint density at radius 1 is 1.55 bits per heavy atom. The van der Waals surface area contributed by atoms with E-state index in [1.807, 2.05) is 12.1 Å². The molecule has 0 spiro atoms. The van der Waals surface area contributed by atoms with Gasteiger partial charge in [0, 0.05) is 35.5 Å². The summed E-state index contributed by atoms with van der Waals surface area (Å²) in [6.45, 7) is 3.49. The van der Waals surface area contributed by atoms with Crippen molar-refractivity contribution < 1.29 is 14.6 Å². The molecule has 1 saturated carbocycles. The third kappa shape index (κ3) is 5.86. The Morgan fingerprint density at radius 2 is 2.35 bits per heavy atom. The maximum absolute atomic E-state index is 10.5. The second-order valence-corrected chi connectivity index (χ2v) is 6.43. The fraction of sp³-hybridized carbons (Fsp3) is 0.533. The first-order valence-electron chi connectivity index (χ1n) is 6.89. The highest BCUT2D eigenvalue weighted by molar-refractivity contribution is 7.12. The molecule has 5 heteroatoms. The molecule has 1 heterocycles. The molecule has 1 N–H and O–H groups in total.